The highest BCUT2D eigenvalue weighted by atomic mass is 35.5. The van der Waals surface area contributed by atoms with E-state index in [0.717, 1.165) is 17.0 Å². The number of anilines is 1. The summed E-state index contributed by atoms with van der Waals surface area (Å²) in [6.07, 6.45) is -4.56. The van der Waals surface area contributed by atoms with Gasteiger partial charge in [-0.05, 0) is 24.6 Å². The van der Waals surface area contributed by atoms with Crippen molar-refractivity contribution in [3.63, 3.8) is 0 Å². The maximum absolute atomic E-state index is 12.9. The van der Waals surface area contributed by atoms with E-state index in [9.17, 15) is 31.2 Å². The van der Waals surface area contributed by atoms with E-state index in [1.165, 1.54) is 7.11 Å². The Morgan fingerprint density at radius 1 is 1.36 bits per heavy atom. The van der Waals surface area contributed by atoms with Gasteiger partial charge in [-0.15, -0.1) is 0 Å². The predicted octanol–water partition coefficient (Wildman–Crippen LogP) is 1.96. The number of sulfone groups is 1. The minimum absolute atomic E-state index is 0.0304. The molecule has 0 spiro atoms. The monoisotopic (exact) mass is 442 g/mol. The summed E-state index contributed by atoms with van der Waals surface area (Å²) in [6.45, 7) is 0.0338. The average molecular weight is 443 g/mol. The highest BCUT2D eigenvalue weighted by molar-refractivity contribution is 7.91. The number of nitrogens with zero attached hydrogens (tertiary/aromatic N) is 1. The summed E-state index contributed by atoms with van der Waals surface area (Å²) in [4.78, 5) is 25.9. The molecule has 2 amide bonds. The molecule has 0 radical (unpaired) electrons. The number of halogens is 4. The number of ether oxygens (including phenoxy) is 1. The van der Waals surface area contributed by atoms with Crippen molar-refractivity contribution in [1.82, 2.24) is 4.90 Å². The third-order valence-electron chi connectivity index (χ3n) is 4.17. The lowest BCUT2D eigenvalue weighted by molar-refractivity contribution is -0.145. The van der Waals surface area contributed by atoms with Crippen LogP contribution in [-0.2, 0) is 30.3 Å². The van der Waals surface area contributed by atoms with Crippen LogP contribution in [-0.4, -0.2) is 62.9 Å². The molecule has 1 atom stereocenters. The van der Waals surface area contributed by atoms with Crippen LogP contribution in [0.1, 0.15) is 12.0 Å². The van der Waals surface area contributed by atoms with Crippen molar-refractivity contribution in [2.24, 2.45) is 0 Å². The van der Waals surface area contributed by atoms with Gasteiger partial charge in [-0.1, -0.05) is 11.6 Å². The van der Waals surface area contributed by atoms with Crippen LogP contribution in [0.2, 0.25) is 5.02 Å². The Kier molecular flexibility index (Phi) is 6.94. The van der Waals surface area contributed by atoms with E-state index in [1.54, 1.807) is 0 Å². The molecule has 2 rings (SSSR count). The fourth-order valence-electron chi connectivity index (χ4n) is 2.80. The molecule has 0 aliphatic carbocycles. The lowest BCUT2D eigenvalue weighted by atomic mass is 10.2. The van der Waals surface area contributed by atoms with E-state index in [4.69, 9.17) is 16.3 Å². The Morgan fingerprint density at radius 2 is 2.04 bits per heavy atom. The largest absolute Gasteiger partial charge is 0.417 e. The molecule has 1 unspecified atom stereocenters. The zero-order valence-corrected chi connectivity index (χ0v) is 16.3. The van der Waals surface area contributed by atoms with Crippen LogP contribution in [0.25, 0.3) is 0 Å². The zero-order chi connectivity index (χ0) is 21.1. The Hall–Kier alpha value is -1.85. The van der Waals surface area contributed by atoms with Gasteiger partial charge in [0.2, 0.25) is 0 Å². The van der Waals surface area contributed by atoms with Crippen LogP contribution < -0.4 is 5.32 Å². The Balaban J connectivity index is 2.18. The van der Waals surface area contributed by atoms with E-state index in [1.807, 2.05) is 0 Å². The Bertz CT molecular complexity index is 860. The molecular formula is C16H18ClF3N2O5S. The average Bonchev–Trinajstić information content (AvgIpc) is 2.95. The van der Waals surface area contributed by atoms with Gasteiger partial charge < -0.3 is 15.0 Å². The highest BCUT2D eigenvalue weighted by Crippen LogP contribution is 2.36. The summed E-state index contributed by atoms with van der Waals surface area (Å²) >= 11 is 5.52. The van der Waals surface area contributed by atoms with Gasteiger partial charge in [0.05, 0.1) is 28.7 Å². The number of carbonyl (C=O) groups is 2. The summed E-state index contributed by atoms with van der Waals surface area (Å²) in [5.41, 5.74) is -1.42. The van der Waals surface area contributed by atoms with Gasteiger partial charge in [0.15, 0.2) is 9.84 Å². The summed E-state index contributed by atoms with van der Waals surface area (Å²) in [6, 6.07) is 2.00. The first kappa shape index (κ1) is 22.4. The molecule has 1 aliphatic rings. The molecule has 1 fully saturated rings. The molecule has 1 aromatic rings. The number of hydrogen-bond acceptors (Lipinski definition) is 5. The maximum atomic E-state index is 12.9. The van der Waals surface area contributed by atoms with Gasteiger partial charge in [-0.2, -0.15) is 13.2 Å². The second kappa shape index (κ2) is 8.66. The Labute approximate surface area is 164 Å². The normalized spacial score (nSPS) is 18.7. The molecule has 1 heterocycles. The number of hydrogen-bond donors (Lipinski definition) is 1. The van der Waals surface area contributed by atoms with E-state index >= 15 is 0 Å². The molecule has 1 aliphatic heterocycles. The molecule has 1 N–H and O–H groups in total. The van der Waals surface area contributed by atoms with Crippen molar-refractivity contribution in [3.05, 3.63) is 28.8 Å². The molecule has 12 heteroatoms. The first-order chi connectivity index (χ1) is 12.9. The number of carbonyl (C=O) groups excluding carboxylic acids is 2. The number of alkyl halides is 3. The summed E-state index contributed by atoms with van der Waals surface area (Å²) < 4.78 is 67.0. The smallest absolute Gasteiger partial charge is 0.383 e. The minimum Gasteiger partial charge on any atom is -0.383 e. The highest BCUT2D eigenvalue weighted by Gasteiger charge is 2.37. The van der Waals surface area contributed by atoms with Crippen LogP contribution in [0.5, 0.6) is 0 Å². The number of rotatable bonds is 5. The van der Waals surface area contributed by atoms with Crippen molar-refractivity contribution >= 4 is 38.9 Å². The van der Waals surface area contributed by atoms with Crippen molar-refractivity contribution in [2.45, 2.75) is 18.6 Å². The van der Waals surface area contributed by atoms with Crippen molar-refractivity contribution in [2.75, 3.05) is 37.1 Å². The van der Waals surface area contributed by atoms with Gasteiger partial charge in [0, 0.05) is 25.4 Å². The first-order valence-electron chi connectivity index (χ1n) is 8.12. The van der Waals surface area contributed by atoms with E-state index in [2.05, 4.69) is 5.32 Å². The predicted molar refractivity (Wildman–Crippen MR) is 95.7 cm³/mol. The summed E-state index contributed by atoms with van der Waals surface area (Å²) in [7, 11) is -1.94. The molecule has 1 saturated heterocycles. The maximum Gasteiger partial charge on any atom is 0.417 e. The van der Waals surface area contributed by atoms with Crippen LogP contribution in [0, 0.1) is 0 Å². The number of nitrogens with one attached hydrogen (secondary N) is 1. The fraction of sp³-hybridized carbons (Fsp3) is 0.500. The molecule has 0 aromatic heterocycles. The van der Waals surface area contributed by atoms with Gasteiger partial charge in [0.1, 0.15) is 0 Å². The number of methoxy groups -OCH3 is 1. The van der Waals surface area contributed by atoms with Gasteiger partial charge in [0.25, 0.3) is 0 Å². The molecule has 1 aromatic carbocycles. The van der Waals surface area contributed by atoms with Crippen LogP contribution in [0.4, 0.5) is 18.9 Å². The van der Waals surface area contributed by atoms with Crippen molar-refractivity contribution in [1.29, 1.82) is 0 Å². The third kappa shape index (κ3) is 5.58. The quantitative estimate of drug-likeness (QED) is 0.704. The van der Waals surface area contributed by atoms with Gasteiger partial charge in [-0.3, -0.25) is 9.59 Å². The van der Waals surface area contributed by atoms with Gasteiger partial charge >= 0.3 is 18.0 Å². The second-order valence-electron chi connectivity index (χ2n) is 6.19. The molecule has 0 saturated carbocycles. The number of benzene rings is 1. The zero-order valence-electron chi connectivity index (χ0n) is 14.8. The SMILES string of the molecule is COCCN(C(=O)C(=O)Nc1ccc(Cl)c(C(F)(F)F)c1)C1CCS(=O)(=O)C1. The topological polar surface area (TPSA) is 92.8 Å². The number of amides is 2. The summed E-state index contributed by atoms with van der Waals surface area (Å²) in [5, 5.41) is 1.56. The lowest BCUT2D eigenvalue weighted by Gasteiger charge is -2.27. The fourth-order valence-corrected chi connectivity index (χ4v) is 4.75. The van der Waals surface area contributed by atoms with Crippen LogP contribution >= 0.6 is 11.6 Å². The van der Waals surface area contributed by atoms with Crippen molar-refractivity contribution in [3.8, 4) is 0 Å². The molecule has 28 heavy (non-hydrogen) atoms. The van der Waals surface area contributed by atoms with E-state index in [-0.39, 0.29) is 36.8 Å². The molecular weight excluding hydrogens is 425 g/mol. The molecule has 7 nitrogen and oxygen atoms in total. The van der Waals surface area contributed by atoms with Crippen LogP contribution in [0.15, 0.2) is 18.2 Å². The minimum atomic E-state index is -4.73. The standard InChI is InChI=1S/C16H18ClF3N2O5S/c1-27-6-5-22(11-4-7-28(25,26)9-11)15(24)14(23)21-10-2-3-13(17)12(8-10)16(18,19)20/h2-3,8,11H,4-7,9H2,1H3,(H,21,23). The van der Waals surface area contributed by atoms with Gasteiger partial charge in [-0.25, -0.2) is 8.42 Å². The molecule has 156 valence electrons. The van der Waals surface area contributed by atoms with E-state index < -0.39 is 44.5 Å². The van der Waals surface area contributed by atoms with Crippen LogP contribution in [0.3, 0.4) is 0 Å². The third-order valence-corrected chi connectivity index (χ3v) is 6.25. The first-order valence-corrected chi connectivity index (χ1v) is 10.3. The lowest BCUT2D eigenvalue weighted by Crippen LogP contribution is -2.48. The summed E-state index contributed by atoms with van der Waals surface area (Å²) in [5.74, 6) is -2.63. The Morgan fingerprint density at radius 3 is 2.57 bits per heavy atom. The second-order valence-corrected chi connectivity index (χ2v) is 8.83. The van der Waals surface area contributed by atoms with Crippen molar-refractivity contribution < 1.29 is 35.9 Å². The van der Waals surface area contributed by atoms with E-state index in [0.29, 0.717) is 6.07 Å². The molecule has 0 bridgehead atoms.